The van der Waals surface area contributed by atoms with Gasteiger partial charge >= 0.3 is 0 Å². The molecule has 1 amide bonds. The van der Waals surface area contributed by atoms with Crippen molar-refractivity contribution in [2.45, 2.75) is 51.7 Å². The van der Waals surface area contributed by atoms with Crippen LogP contribution in [0.15, 0.2) is 48.5 Å². The Kier molecular flexibility index (Phi) is 5.71. The standard InChI is InChI=1S/C22H22N4O2.CH4/c1-22(28,16-6-3-2-4-7-16)13-20(27)25-21-24-18-11-10-15(14-23)12-19(18)26(21)17-8-5-9-17;/h2-4,6-7,10-12,17,28H,5,8-9,13H2,1H3,(H,24,25,27);1H4/t22-;/m0./s1. The number of benzene rings is 2. The predicted molar refractivity (Wildman–Crippen MR) is 113 cm³/mol. The number of nitriles is 1. The molecular weight excluding hydrogens is 364 g/mol. The molecule has 1 heterocycles. The Morgan fingerprint density at radius 3 is 2.66 bits per heavy atom. The van der Waals surface area contributed by atoms with Crippen molar-refractivity contribution in [2.75, 3.05) is 5.32 Å². The molecule has 1 aliphatic carbocycles. The van der Waals surface area contributed by atoms with Crippen LogP contribution in [0.3, 0.4) is 0 Å². The zero-order valence-electron chi connectivity index (χ0n) is 15.7. The molecule has 1 aromatic heterocycles. The normalized spacial score (nSPS) is 15.6. The molecule has 0 spiro atoms. The second kappa shape index (κ2) is 8.06. The fourth-order valence-electron chi connectivity index (χ4n) is 3.65. The first kappa shape index (κ1) is 20.6. The van der Waals surface area contributed by atoms with E-state index in [0.717, 1.165) is 30.3 Å². The summed E-state index contributed by atoms with van der Waals surface area (Å²) >= 11 is 0. The number of carbonyl (C=O) groups is 1. The van der Waals surface area contributed by atoms with Gasteiger partial charge in [0, 0.05) is 6.04 Å². The van der Waals surface area contributed by atoms with Crippen LogP contribution in [0.1, 0.15) is 57.2 Å². The van der Waals surface area contributed by atoms with Crippen molar-refractivity contribution in [1.82, 2.24) is 9.55 Å². The third-order valence-electron chi connectivity index (χ3n) is 5.41. The maximum atomic E-state index is 12.7. The van der Waals surface area contributed by atoms with Crippen LogP contribution < -0.4 is 5.32 Å². The van der Waals surface area contributed by atoms with Gasteiger partial charge in [0.2, 0.25) is 11.9 Å². The number of hydrogen-bond donors (Lipinski definition) is 2. The average molecular weight is 390 g/mol. The van der Waals surface area contributed by atoms with Crippen LogP contribution in [0.5, 0.6) is 0 Å². The molecule has 29 heavy (non-hydrogen) atoms. The van der Waals surface area contributed by atoms with Crippen molar-refractivity contribution < 1.29 is 9.90 Å². The smallest absolute Gasteiger partial charge is 0.229 e. The highest BCUT2D eigenvalue weighted by molar-refractivity contribution is 5.92. The van der Waals surface area contributed by atoms with Gasteiger partial charge in [-0.05, 0) is 49.9 Å². The van der Waals surface area contributed by atoms with Gasteiger partial charge in [0.1, 0.15) is 0 Å². The number of anilines is 1. The van der Waals surface area contributed by atoms with Gasteiger partial charge in [-0.1, -0.05) is 37.8 Å². The number of aromatic nitrogens is 2. The van der Waals surface area contributed by atoms with Crippen LogP contribution in [0, 0.1) is 11.3 Å². The summed E-state index contributed by atoms with van der Waals surface area (Å²) in [6.45, 7) is 1.63. The minimum atomic E-state index is -1.27. The monoisotopic (exact) mass is 390 g/mol. The van der Waals surface area contributed by atoms with Crippen LogP contribution in [0.2, 0.25) is 0 Å². The van der Waals surface area contributed by atoms with E-state index in [1.165, 1.54) is 0 Å². The zero-order valence-corrected chi connectivity index (χ0v) is 15.7. The third kappa shape index (κ3) is 4.01. The van der Waals surface area contributed by atoms with Crippen LogP contribution in [-0.2, 0) is 10.4 Å². The van der Waals surface area contributed by atoms with Crippen LogP contribution in [0.25, 0.3) is 11.0 Å². The van der Waals surface area contributed by atoms with E-state index in [9.17, 15) is 15.2 Å². The lowest BCUT2D eigenvalue weighted by atomic mass is 9.92. The van der Waals surface area contributed by atoms with E-state index in [1.807, 2.05) is 28.8 Å². The van der Waals surface area contributed by atoms with Gasteiger partial charge in [0.25, 0.3) is 0 Å². The number of nitrogens with one attached hydrogen (secondary N) is 1. The molecule has 0 saturated heterocycles. The summed E-state index contributed by atoms with van der Waals surface area (Å²) in [5.74, 6) is 0.175. The van der Waals surface area contributed by atoms with Crippen molar-refractivity contribution >= 4 is 22.9 Å². The van der Waals surface area contributed by atoms with E-state index in [0.29, 0.717) is 17.1 Å². The van der Waals surface area contributed by atoms with Gasteiger partial charge in [-0.25, -0.2) is 4.98 Å². The van der Waals surface area contributed by atoms with E-state index in [4.69, 9.17) is 0 Å². The number of rotatable bonds is 5. The Bertz CT molecular complexity index is 1060. The van der Waals surface area contributed by atoms with Gasteiger partial charge < -0.3 is 9.67 Å². The van der Waals surface area contributed by atoms with Crippen molar-refractivity contribution in [3.63, 3.8) is 0 Å². The third-order valence-corrected chi connectivity index (χ3v) is 5.41. The Morgan fingerprint density at radius 1 is 1.31 bits per heavy atom. The molecule has 0 aliphatic heterocycles. The first-order valence-corrected chi connectivity index (χ1v) is 9.48. The van der Waals surface area contributed by atoms with Gasteiger partial charge in [-0.15, -0.1) is 0 Å². The molecule has 1 saturated carbocycles. The van der Waals surface area contributed by atoms with E-state index in [-0.39, 0.29) is 25.8 Å². The predicted octanol–water partition coefficient (Wildman–Crippen LogP) is 4.51. The fourth-order valence-corrected chi connectivity index (χ4v) is 3.65. The maximum Gasteiger partial charge on any atom is 0.229 e. The SMILES string of the molecule is C.C[C@](O)(CC(=O)Nc1nc2ccc(C#N)cc2n1C1CCC1)c1ccccc1. The summed E-state index contributed by atoms with van der Waals surface area (Å²) in [6.07, 6.45) is 3.10. The lowest BCUT2D eigenvalue weighted by Crippen LogP contribution is -2.30. The summed E-state index contributed by atoms with van der Waals surface area (Å²) in [5, 5.41) is 22.8. The maximum absolute atomic E-state index is 12.7. The minimum Gasteiger partial charge on any atom is -0.385 e. The van der Waals surface area contributed by atoms with Crippen LogP contribution >= 0.6 is 0 Å². The van der Waals surface area contributed by atoms with Gasteiger partial charge in [0.15, 0.2) is 0 Å². The molecule has 6 heteroatoms. The Hall–Kier alpha value is -3.17. The summed E-state index contributed by atoms with van der Waals surface area (Å²) < 4.78 is 2.02. The van der Waals surface area contributed by atoms with E-state index >= 15 is 0 Å². The Morgan fingerprint density at radius 2 is 2.03 bits per heavy atom. The average Bonchev–Trinajstić information content (AvgIpc) is 2.97. The second-order valence-corrected chi connectivity index (χ2v) is 7.57. The number of hydrogen-bond acceptors (Lipinski definition) is 4. The van der Waals surface area contributed by atoms with Crippen LogP contribution in [0.4, 0.5) is 5.95 Å². The first-order chi connectivity index (χ1) is 13.5. The van der Waals surface area contributed by atoms with Crippen molar-refractivity contribution in [3.05, 3.63) is 59.7 Å². The Balaban J connectivity index is 0.00000240. The molecule has 3 aromatic rings. The number of nitrogens with zero attached hydrogens (tertiary/aromatic N) is 3. The summed E-state index contributed by atoms with van der Waals surface area (Å²) in [6, 6.07) is 16.9. The topological polar surface area (TPSA) is 90.9 Å². The summed E-state index contributed by atoms with van der Waals surface area (Å²) in [4.78, 5) is 17.3. The highest BCUT2D eigenvalue weighted by Gasteiger charge is 2.29. The number of carbonyl (C=O) groups excluding carboxylic acids is 1. The number of aliphatic hydroxyl groups is 1. The van der Waals surface area contributed by atoms with Crippen molar-refractivity contribution in [3.8, 4) is 6.07 Å². The molecule has 1 atom stereocenters. The molecule has 0 unspecified atom stereocenters. The van der Waals surface area contributed by atoms with Gasteiger partial charge in [0.05, 0.1) is 34.7 Å². The Labute approximate surface area is 170 Å². The number of fused-ring (bicyclic) bond motifs is 1. The lowest BCUT2D eigenvalue weighted by Gasteiger charge is -2.29. The minimum absolute atomic E-state index is 0. The van der Waals surface area contributed by atoms with Crippen LogP contribution in [-0.4, -0.2) is 20.6 Å². The molecular formula is C23H26N4O2. The highest BCUT2D eigenvalue weighted by atomic mass is 16.3. The zero-order chi connectivity index (χ0) is 19.7. The highest BCUT2D eigenvalue weighted by Crippen LogP contribution is 2.37. The van der Waals surface area contributed by atoms with Gasteiger partial charge in [-0.2, -0.15) is 5.26 Å². The molecule has 1 aliphatic rings. The lowest BCUT2D eigenvalue weighted by molar-refractivity contribution is -0.120. The quantitative estimate of drug-likeness (QED) is 0.671. The number of imidazole rings is 1. The molecule has 150 valence electrons. The molecule has 0 radical (unpaired) electrons. The van der Waals surface area contributed by atoms with Crippen molar-refractivity contribution in [2.24, 2.45) is 0 Å². The summed E-state index contributed by atoms with van der Waals surface area (Å²) in [7, 11) is 0. The largest absolute Gasteiger partial charge is 0.385 e. The molecule has 2 aromatic carbocycles. The molecule has 1 fully saturated rings. The fraction of sp³-hybridized carbons (Fsp3) is 0.348. The molecule has 2 N–H and O–H groups in total. The van der Waals surface area contributed by atoms with E-state index in [2.05, 4.69) is 16.4 Å². The molecule has 6 nitrogen and oxygen atoms in total. The van der Waals surface area contributed by atoms with Gasteiger partial charge in [-0.3, -0.25) is 10.1 Å². The first-order valence-electron chi connectivity index (χ1n) is 9.48. The molecule has 0 bridgehead atoms. The van der Waals surface area contributed by atoms with E-state index < -0.39 is 5.60 Å². The molecule has 4 rings (SSSR count). The van der Waals surface area contributed by atoms with E-state index in [1.54, 1.807) is 31.2 Å². The van der Waals surface area contributed by atoms with Crippen molar-refractivity contribution in [1.29, 1.82) is 5.26 Å². The second-order valence-electron chi connectivity index (χ2n) is 7.57. The summed E-state index contributed by atoms with van der Waals surface area (Å²) in [5.41, 5.74) is 1.59. The number of amides is 1.